The molecule has 40 heavy (non-hydrogen) atoms. The van der Waals surface area contributed by atoms with Crippen LogP contribution in [-0.2, 0) is 26.2 Å². The van der Waals surface area contributed by atoms with Crippen molar-refractivity contribution in [2.24, 2.45) is 0 Å². The third-order valence-corrected chi connectivity index (χ3v) is 8.51. The number of amides is 2. The summed E-state index contributed by atoms with van der Waals surface area (Å²) >= 11 is 12.2. The van der Waals surface area contributed by atoms with Crippen LogP contribution in [0.5, 0.6) is 0 Å². The van der Waals surface area contributed by atoms with Crippen LogP contribution in [0.25, 0.3) is 0 Å². The second-order valence-electron chi connectivity index (χ2n) is 10.8. The summed E-state index contributed by atoms with van der Waals surface area (Å²) < 4.78 is 29.0. The predicted molar refractivity (Wildman–Crippen MR) is 161 cm³/mol. The maximum Gasteiger partial charge on any atom is 0.264 e. The number of sulfonamides is 1. The first-order chi connectivity index (χ1) is 18.6. The molecule has 0 aliphatic carbocycles. The fourth-order valence-corrected chi connectivity index (χ4v) is 5.92. The van der Waals surface area contributed by atoms with Crippen LogP contribution in [0.2, 0.25) is 10.0 Å². The van der Waals surface area contributed by atoms with Gasteiger partial charge in [0.15, 0.2) is 0 Å². The lowest BCUT2D eigenvalue weighted by Gasteiger charge is -2.34. The lowest BCUT2D eigenvalue weighted by molar-refractivity contribution is -0.140. The van der Waals surface area contributed by atoms with Gasteiger partial charge in [0.1, 0.15) is 12.6 Å². The Morgan fingerprint density at radius 3 is 2.02 bits per heavy atom. The molecule has 0 saturated carbocycles. The molecular formula is C30H35Cl2N3O4S. The van der Waals surface area contributed by atoms with Crippen molar-refractivity contribution in [2.75, 3.05) is 10.8 Å². The molecule has 0 fully saturated rings. The zero-order valence-electron chi connectivity index (χ0n) is 23.5. The Kier molecular flexibility index (Phi) is 9.93. The molecule has 0 spiro atoms. The molecule has 0 aliphatic rings. The van der Waals surface area contributed by atoms with Crippen LogP contribution in [0.1, 0.15) is 44.4 Å². The Morgan fingerprint density at radius 2 is 1.48 bits per heavy atom. The van der Waals surface area contributed by atoms with E-state index in [1.54, 1.807) is 68.4 Å². The lowest BCUT2D eigenvalue weighted by atomic mass is 10.1. The van der Waals surface area contributed by atoms with E-state index in [9.17, 15) is 18.0 Å². The summed E-state index contributed by atoms with van der Waals surface area (Å²) in [5.74, 6) is -0.901. The summed E-state index contributed by atoms with van der Waals surface area (Å²) in [4.78, 5) is 28.6. The van der Waals surface area contributed by atoms with Gasteiger partial charge in [-0.3, -0.25) is 13.9 Å². The van der Waals surface area contributed by atoms with E-state index >= 15 is 0 Å². The average Bonchev–Trinajstić information content (AvgIpc) is 2.86. The van der Waals surface area contributed by atoms with Gasteiger partial charge in [-0.2, -0.15) is 0 Å². The van der Waals surface area contributed by atoms with Crippen molar-refractivity contribution in [2.45, 2.75) is 64.6 Å². The first kappa shape index (κ1) is 31.5. The average molecular weight is 605 g/mol. The van der Waals surface area contributed by atoms with Crippen LogP contribution in [-0.4, -0.2) is 43.3 Å². The largest absolute Gasteiger partial charge is 0.350 e. The van der Waals surface area contributed by atoms with Gasteiger partial charge < -0.3 is 10.2 Å². The lowest BCUT2D eigenvalue weighted by Crippen LogP contribution is -2.54. The molecule has 1 atom stereocenters. The Morgan fingerprint density at radius 1 is 0.900 bits per heavy atom. The molecule has 1 N–H and O–H groups in total. The van der Waals surface area contributed by atoms with E-state index < -0.39 is 34.1 Å². The van der Waals surface area contributed by atoms with Crippen molar-refractivity contribution in [3.63, 3.8) is 0 Å². The molecule has 3 aromatic carbocycles. The van der Waals surface area contributed by atoms with Gasteiger partial charge in [0.05, 0.1) is 10.6 Å². The highest BCUT2D eigenvalue weighted by Gasteiger charge is 2.34. The van der Waals surface area contributed by atoms with Gasteiger partial charge in [0.25, 0.3) is 10.0 Å². The van der Waals surface area contributed by atoms with Crippen molar-refractivity contribution >= 4 is 50.7 Å². The Hall–Kier alpha value is -3.07. The fourth-order valence-electron chi connectivity index (χ4n) is 4.09. The minimum Gasteiger partial charge on any atom is -0.350 e. The highest BCUT2D eigenvalue weighted by atomic mass is 35.5. The van der Waals surface area contributed by atoms with Crippen LogP contribution >= 0.6 is 23.2 Å². The van der Waals surface area contributed by atoms with Crippen LogP contribution in [0.15, 0.2) is 71.6 Å². The number of carbonyl (C=O) groups is 2. The van der Waals surface area contributed by atoms with Crippen LogP contribution in [0, 0.1) is 13.8 Å². The van der Waals surface area contributed by atoms with E-state index in [2.05, 4.69) is 5.32 Å². The molecule has 7 nitrogen and oxygen atoms in total. The number of anilines is 1. The summed E-state index contributed by atoms with van der Waals surface area (Å²) in [6.45, 7) is 10.3. The normalized spacial score (nSPS) is 12.5. The van der Waals surface area contributed by atoms with Gasteiger partial charge in [-0.1, -0.05) is 53.0 Å². The number of nitrogens with zero attached hydrogens (tertiary/aromatic N) is 2. The van der Waals surface area contributed by atoms with Gasteiger partial charge in [0, 0.05) is 22.1 Å². The topological polar surface area (TPSA) is 86.8 Å². The van der Waals surface area contributed by atoms with Gasteiger partial charge in [-0.05, 0) is 95.1 Å². The molecule has 0 saturated heterocycles. The standard InChI is InChI=1S/C30H35Cl2N3O4S/c1-20-7-14-26(15-8-20)40(38,39)35(27-16-13-25(32)17-21(27)2)19-28(36)34(18-23-9-11-24(31)12-10-23)22(3)29(37)33-30(4,5)6/h7-17,22H,18-19H2,1-6H3,(H,33,37)/t22-/m0/s1. The quantitative estimate of drug-likeness (QED) is 0.318. The van der Waals surface area contributed by atoms with Crippen molar-refractivity contribution in [1.29, 1.82) is 0 Å². The molecule has 0 aromatic heterocycles. The molecule has 0 aliphatic heterocycles. The van der Waals surface area contributed by atoms with Gasteiger partial charge in [0.2, 0.25) is 11.8 Å². The summed E-state index contributed by atoms with van der Waals surface area (Å²) in [5.41, 5.74) is 2.01. The van der Waals surface area contributed by atoms with Crippen molar-refractivity contribution in [1.82, 2.24) is 10.2 Å². The molecule has 0 radical (unpaired) electrons. The van der Waals surface area contributed by atoms with Gasteiger partial charge in [-0.25, -0.2) is 8.42 Å². The molecular weight excluding hydrogens is 569 g/mol. The highest BCUT2D eigenvalue weighted by molar-refractivity contribution is 7.92. The number of hydrogen-bond donors (Lipinski definition) is 1. The molecule has 3 rings (SSSR count). The first-order valence-electron chi connectivity index (χ1n) is 12.8. The van der Waals surface area contributed by atoms with Crippen LogP contribution in [0.4, 0.5) is 5.69 Å². The zero-order valence-corrected chi connectivity index (χ0v) is 25.9. The summed E-state index contributed by atoms with van der Waals surface area (Å²) in [6, 6.07) is 17.3. The number of carbonyl (C=O) groups excluding carboxylic acids is 2. The molecule has 2 amide bonds. The Labute approximate surface area is 247 Å². The predicted octanol–water partition coefficient (Wildman–Crippen LogP) is 6.14. The van der Waals surface area contributed by atoms with Crippen molar-refractivity contribution in [3.8, 4) is 0 Å². The maximum atomic E-state index is 14.0. The maximum absolute atomic E-state index is 14.0. The van der Waals surface area contributed by atoms with E-state index in [1.807, 2.05) is 27.7 Å². The number of halogens is 2. The third-order valence-electron chi connectivity index (χ3n) is 6.25. The number of hydrogen-bond acceptors (Lipinski definition) is 4. The second kappa shape index (κ2) is 12.6. The minimum atomic E-state index is -4.16. The Bertz CT molecular complexity index is 1470. The van der Waals surface area contributed by atoms with E-state index in [-0.39, 0.29) is 17.3 Å². The monoisotopic (exact) mass is 603 g/mol. The van der Waals surface area contributed by atoms with Crippen LogP contribution < -0.4 is 9.62 Å². The first-order valence-corrected chi connectivity index (χ1v) is 15.0. The van der Waals surface area contributed by atoms with Crippen LogP contribution in [0.3, 0.4) is 0 Å². The van der Waals surface area contributed by atoms with E-state index in [0.29, 0.717) is 21.3 Å². The van der Waals surface area contributed by atoms with E-state index in [0.717, 1.165) is 15.4 Å². The summed E-state index contributed by atoms with van der Waals surface area (Å²) in [7, 11) is -4.16. The second-order valence-corrected chi connectivity index (χ2v) is 13.6. The molecule has 0 bridgehead atoms. The highest BCUT2D eigenvalue weighted by Crippen LogP contribution is 2.29. The number of rotatable bonds is 9. The molecule has 0 heterocycles. The number of nitrogens with one attached hydrogen (secondary N) is 1. The molecule has 0 unspecified atom stereocenters. The SMILES string of the molecule is Cc1ccc(S(=O)(=O)N(CC(=O)N(Cc2ccc(Cl)cc2)[C@@H](C)C(=O)NC(C)(C)C)c2ccc(Cl)cc2C)cc1. The third kappa shape index (κ3) is 7.99. The molecule has 3 aromatic rings. The summed E-state index contributed by atoms with van der Waals surface area (Å²) in [5, 5.41) is 3.89. The molecule has 10 heteroatoms. The fraction of sp³-hybridized carbons (Fsp3) is 0.333. The summed E-state index contributed by atoms with van der Waals surface area (Å²) in [6.07, 6.45) is 0. The minimum absolute atomic E-state index is 0.0445. The smallest absolute Gasteiger partial charge is 0.264 e. The number of aryl methyl sites for hydroxylation is 2. The van der Waals surface area contributed by atoms with Gasteiger partial charge >= 0.3 is 0 Å². The number of benzene rings is 3. The van der Waals surface area contributed by atoms with Gasteiger partial charge in [-0.15, -0.1) is 0 Å². The van der Waals surface area contributed by atoms with E-state index in [1.165, 1.54) is 17.0 Å². The molecule has 214 valence electrons. The Balaban J connectivity index is 2.07. The van der Waals surface area contributed by atoms with Crippen molar-refractivity contribution in [3.05, 3.63) is 93.5 Å². The zero-order chi connectivity index (χ0) is 29.8. The van der Waals surface area contributed by atoms with E-state index in [4.69, 9.17) is 23.2 Å². The van der Waals surface area contributed by atoms with Crippen molar-refractivity contribution < 1.29 is 18.0 Å².